The Kier molecular flexibility index (Phi) is 3.55. The van der Waals surface area contributed by atoms with Gasteiger partial charge < -0.3 is 4.90 Å². The van der Waals surface area contributed by atoms with Crippen LogP contribution < -0.4 is 4.90 Å². The summed E-state index contributed by atoms with van der Waals surface area (Å²) in [6.07, 6.45) is 4.92. The Hall–Kier alpha value is -1.71. The smallest absolute Gasteiger partial charge is 0.149 e. The lowest BCUT2D eigenvalue weighted by Gasteiger charge is -2.24. The summed E-state index contributed by atoms with van der Waals surface area (Å²) in [6, 6.07) is 4.11. The first-order valence-corrected chi connectivity index (χ1v) is 7.14. The van der Waals surface area contributed by atoms with Crippen LogP contribution in [0.3, 0.4) is 0 Å². The molecule has 0 bridgehead atoms. The lowest BCUT2D eigenvalue weighted by Crippen LogP contribution is -2.24. The number of hydrogen-bond acceptors (Lipinski definition) is 2. The summed E-state index contributed by atoms with van der Waals surface area (Å²) in [4.78, 5) is 6.16. The van der Waals surface area contributed by atoms with Gasteiger partial charge in [-0.1, -0.05) is 6.92 Å². The summed E-state index contributed by atoms with van der Waals surface area (Å²) in [5.74, 6) is -0.178. The van der Waals surface area contributed by atoms with Crippen molar-refractivity contribution in [2.75, 3.05) is 18.0 Å². The summed E-state index contributed by atoms with van der Waals surface area (Å²) >= 11 is 0. The number of nitrogens with zero attached hydrogens (tertiary/aromatic N) is 2. The minimum Gasteiger partial charge on any atom is -0.371 e. The molecule has 0 saturated carbocycles. The fourth-order valence-corrected chi connectivity index (χ4v) is 2.94. The van der Waals surface area contributed by atoms with E-state index in [4.69, 9.17) is 0 Å². The molecular weight excluding hydrogens is 258 g/mol. The van der Waals surface area contributed by atoms with E-state index in [1.54, 1.807) is 12.3 Å². The van der Waals surface area contributed by atoms with Gasteiger partial charge >= 0.3 is 0 Å². The molecule has 106 valence electrons. The monoisotopic (exact) mass is 276 g/mol. The molecule has 1 aromatic carbocycles. The summed E-state index contributed by atoms with van der Waals surface area (Å²) in [7, 11) is 0. The number of fused-ring (bicyclic) bond motifs is 1. The topological polar surface area (TPSA) is 16.1 Å². The summed E-state index contributed by atoms with van der Waals surface area (Å²) in [5.41, 5.74) is 0.890. The van der Waals surface area contributed by atoms with Crippen LogP contribution >= 0.6 is 0 Å². The van der Waals surface area contributed by atoms with Gasteiger partial charge in [-0.2, -0.15) is 0 Å². The normalized spacial score (nSPS) is 20.1. The van der Waals surface area contributed by atoms with Gasteiger partial charge in [0.05, 0.1) is 11.1 Å². The van der Waals surface area contributed by atoms with E-state index < -0.39 is 11.6 Å². The van der Waals surface area contributed by atoms with E-state index in [0.29, 0.717) is 11.3 Å². The highest BCUT2D eigenvalue weighted by molar-refractivity contribution is 5.92. The molecule has 0 amide bonds. The van der Waals surface area contributed by atoms with Gasteiger partial charge in [0, 0.05) is 19.3 Å². The number of rotatable bonds is 1. The molecule has 1 fully saturated rings. The van der Waals surface area contributed by atoms with E-state index in [1.165, 1.54) is 12.5 Å². The number of anilines is 1. The Morgan fingerprint density at radius 1 is 1.10 bits per heavy atom. The Balaban J connectivity index is 2.09. The Morgan fingerprint density at radius 2 is 1.90 bits per heavy atom. The van der Waals surface area contributed by atoms with Gasteiger partial charge in [0.15, 0.2) is 0 Å². The quantitative estimate of drug-likeness (QED) is 0.778. The van der Waals surface area contributed by atoms with E-state index in [-0.39, 0.29) is 5.52 Å². The molecule has 1 aromatic heterocycles. The molecule has 1 saturated heterocycles. The second kappa shape index (κ2) is 5.35. The highest BCUT2D eigenvalue weighted by Gasteiger charge is 2.19. The van der Waals surface area contributed by atoms with E-state index in [2.05, 4.69) is 16.8 Å². The van der Waals surface area contributed by atoms with Crippen LogP contribution in [0.4, 0.5) is 14.5 Å². The van der Waals surface area contributed by atoms with Crippen molar-refractivity contribution in [1.29, 1.82) is 0 Å². The maximum absolute atomic E-state index is 14.1. The van der Waals surface area contributed by atoms with Crippen LogP contribution in [0.5, 0.6) is 0 Å². The van der Waals surface area contributed by atoms with E-state index in [0.717, 1.165) is 37.7 Å². The second-order valence-corrected chi connectivity index (χ2v) is 5.61. The fourth-order valence-electron chi connectivity index (χ4n) is 2.94. The number of benzene rings is 1. The molecule has 4 heteroatoms. The van der Waals surface area contributed by atoms with Gasteiger partial charge in [0.2, 0.25) is 0 Å². The third kappa shape index (κ3) is 2.35. The van der Waals surface area contributed by atoms with Gasteiger partial charge in [-0.3, -0.25) is 4.98 Å². The molecule has 1 atom stereocenters. The first-order chi connectivity index (χ1) is 9.66. The molecule has 1 aliphatic rings. The van der Waals surface area contributed by atoms with Crippen molar-refractivity contribution in [3.63, 3.8) is 0 Å². The average Bonchev–Trinajstić information content (AvgIpc) is 2.67. The van der Waals surface area contributed by atoms with Crippen molar-refractivity contribution < 1.29 is 8.78 Å². The number of pyridine rings is 1. The van der Waals surface area contributed by atoms with E-state index >= 15 is 0 Å². The minimum absolute atomic E-state index is 0.125. The second-order valence-electron chi connectivity index (χ2n) is 5.61. The maximum atomic E-state index is 14.1. The lowest BCUT2D eigenvalue weighted by atomic mass is 10.0. The molecule has 2 nitrogen and oxygen atoms in total. The molecule has 2 heterocycles. The maximum Gasteiger partial charge on any atom is 0.149 e. The molecule has 2 aromatic rings. The van der Waals surface area contributed by atoms with Crippen molar-refractivity contribution in [3.8, 4) is 0 Å². The summed E-state index contributed by atoms with van der Waals surface area (Å²) in [5, 5.41) is 0.307. The van der Waals surface area contributed by atoms with Crippen LogP contribution in [-0.4, -0.2) is 18.1 Å². The molecule has 1 unspecified atom stereocenters. The van der Waals surface area contributed by atoms with Crippen LogP contribution in [0, 0.1) is 17.6 Å². The molecule has 0 N–H and O–H groups in total. The van der Waals surface area contributed by atoms with Crippen LogP contribution in [0.15, 0.2) is 24.4 Å². The molecule has 1 aliphatic heterocycles. The third-order valence-corrected chi connectivity index (χ3v) is 4.13. The summed E-state index contributed by atoms with van der Waals surface area (Å²) < 4.78 is 27.9. The fraction of sp³-hybridized carbons (Fsp3) is 0.438. The summed E-state index contributed by atoms with van der Waals surface area (Å²) in [6.45, 7) is 4.02. The molecule has 3 rings (SSSR count). The average molecular weight is 276 g/mol. The molecule has 0 aliphatic carbocycles. The van der Waals surface area contributed by atoms with Gasteiger partial charge in [-0.15, -0.1) is 0 Å². The van der Waals surface area contributed by atoms with E-state index in [9.17, 15) is 8.78 Å². The first-order valence-electron chi connectivity index (χ1n) is 7.14. The van der Waals surface area contributed by atoms with E-state index in [1.807, 2.05) is 0 Å². The van der Waals surface area contributed by atoms with Crippen molar-refractivity contribution in [2.45, 2.75) is 26.2 Å². The Bertz CT molecular complexity index is 627. The van der Waals surface area contributed by atoms with Crippen LogP contribution in [0.2, 0.25) is 0 Å². The van der Waals surface area contributed by atoms with Crippen LogP contribution in [0.25, 0.3) is 10.9 Å². The minimum atomic E-state index is -0.466. The zero-order valence-electron chi connectivity index (χ0n) is 11.6. The van der Waals surface area contributed by atoms with Crippen molar-refractivity contribution in [1.82, 2.24) is 4.98 Å². The lowest BCUT2D eigenvalue weighted by molar-refractivity contribution is 0.521. The predicted molar refractivity (Wildman–Crippen MR) is 76.9 cm³/mol. The number of hydrogen-bond donors (Lipinski definition) is 0. The predicted octanol–water partition coefficient (Wildman–Crippen LogP) is 4.14. The molecule has 20 heavy (non-hydrogen) atoms. The van der Waals surface area contributed by atoms with Crippen molar-refractivity contribution in [3.05, 3.63) is 36.0 Å². The zero-order valence-corrected chi connectivity index (χ0v) is 11.6. The highest BCUT2D eigenvalue weighted by Crippen LogP contribution is 2.31. The molecule has 0 spiro atoms. The van der Waals surface area contributed by atoms with Crippen LogP contribution in [-0.2, 0) is 0 Å². The Labute approximate surface area is 117 Å². The van der Waals surface area contributed by atoms with Gasteiger partial charge in [-0.25, -0.2) is 8.78 Å². The van der Waals surface area contributed by atoms with Gasteiger partial charge in [0.1, 0.15) is 17.2 Å². The van der Waals surface area contributed by atoms with Gasteiger partial charge in [-0.05, 0) is 43.4 Å². The standard InChI is InChI=1S/C16H18F2N2/c1-11-3-2-9-20(10-7-11)14-6-8-19-16-13(18)5-4-12(17)15(14)16/h4-6,8,11H,2-3,7,9-10H2,1H3. The highest BCUT2D eigenvalue weighted by atomic mass is 19.1. The number of aromatic nitrogens is 1. The SMILES string of the molecule is CC1CCCN(c2ccnc3c(F)ccc(F)c23)CC1. The van der Waals surface area contributed by atoms with Gasteiger partial charge in [0.25, 0.3) is 0 Å². The molecular formula is C16H18F2N2. The zero-order chi connectivity index (χ0) is 14.1. The third-order valence-electron chi connectivity index (χ3n) is 4.13. The largest absolute Gasteiger partial charge is 0.371 e. The number of halogens is 2. The first kappa shape index (κ1) is 13.3. The van der Waals surface area contributed by atoms with Crippen molar-refractivity contribution >= 4 is 16.6 Å². The Morgan fingerprint density at radius 3 is 2.75 bits per heavy atom. The van der Waals surface area contributed by atoms with Crippen LogP contribution in [0.1, 0.15) is 26.2 Å². The molecule has 0 radical (unpaired) electrons. The van der Waals surface area contributed by atoms with Crippen molar-refractivity contribution in [2.24, 2.45) is 5.92 Å².